The summed E-state index contributed by atoms with van der Waals surface area (Å²) in [6, 6.07) is 16.2. The molecule has 0 unspecified atom stereocenters. The molecule has 5 nitrogen and oxygen atoms in total. The molecule has 1 amide bonds. The Balaban J connectivity index is 1.51. The van der Waals surface area contributed by atoms with Gasteiger partial charge in [0.1, 0.15) is 0 Å². The molecule has 0 aliphatic heterocycles. The zero-order valence-electron chi connectivity index (χ0n) is 16.8. The van der Waals surface area contributed by atoms with Crippen molar-refractivity contribution in [3.05, 3.63) is 84.1 Å². The van der Waals surface area contributed by atoms with Crippen LogP contribution < -0.4 is 10.1 Å². The second-order valence-corrected chi connectivity index (χ2v) is 7.01. The maximum atomic E-state index is 12.7. The number of ether oxygens (including phenoxy) is 1. The summed E-state index contributed by atoms with van der Waals surface area (Å²) in [7, 11) is 1.47. The van der Waals surface area contributed by atoms with Crippen molar-refractivity contribution in [1.29, 1.82) is 0 Å². The van der Waals surface area contributed by atoms with Crippen molar-refractivity contribution in [3.63, 3.8) is 0 Å². The molecule has 0 bridgehead atoms. The van der Waals surface area contributed by atoms with Crippen molar-refractivity contribution < 1.29 is 27.8 Å². The molecular weight excluding hydrogens is 421 g/mol. The number of hydrogen-bond acceptors (Lipinski definition) is 4. The van der Waals surface area contributed by atoms with Crippen LogP contribution in [0.2, 0.25) is 0 Å². The van der Waals surface area contributed by atoms with E-state index in [0.29, 0.717) is 22.5 Å². The van der Waals surface area contributed by atoms with E-state index in [9.17, 15) is 23.1 Å². The normalized spacial score (nSPS) is 11.4. The zero-order valence-corrected chi connectivity index (χ0v) is 16.8. The highest BCUT2D eigenvalue weighted by Crippen LogP contribution is 2.35. The summed E-state index contributed by atoms with van der Waals surface area (Å²) < 4.78 is 43.1. The summed E-state index contributed by atoms with van der Waals surface area (Å²) in [6.45, 7) is 0. The third kappa shape index (κ3) is 4.20. The number of rotatable bonds is 4. The van der Waals surface area contributed by atoms with Crippen molar-refractivity contribution >= 4 is 22.4 Å². The Kier molecular flexibility index (Phi) is 5.44. The number of fused-ring (bicyclic) bond motifs is 1. The van der Waals surface area contributed by atoms with Crippen LogP contribution in [-0.2, 0) is 6.18 Å². The first kappa shape index (κ1) is 21.2. The lowest BCUT2D eigenvalue weighted by Gasteiger charge is -2.10. The Bertz CT molecular complexity index is 1290. The van der Waals surface area contributed by atoms with Crippen LogP contribution in [0.3, 0.4) is 0 Å². The molecule has 0 saturated carbocycles. The van der Waals surface area contributed by atoms with E-state index in [2.05, 4.69) is 10.3 Å². The van der Waals surface area contributed by atoms with Gasteiger partial charge in [0.15, 0.2) is 11.5 Å². The number of amides is 1. The summed E-state index contributed by atoms with van der Waals surface area (Å²) in [4.78, 5) is 16.7. The summed E-state index contributed by atoms with van der Waals surface area (Å²) in [5.74, 6) is -0.134. The number of phenols is 1. The number of carbonyl (C=O) groups is 1. The van der Waals surface area contributed by atoms with Crippen LogP contribution in [0.25, 0.3) is 22.0 Å². The van der Waals surface area contributed by atoms with Gasteiger partial charge in [-0.15, -0.1) is 0 Å². The lowest BCUT2D eigenvalue weighted by molar-refractivity contribution is -0.137. The largest absolute Gasteiger partial charge is 0.504 e. The second-order valence-electron chi connectivity index (χ2n) is 7.01. The summed E-state index contributed by atoms with van der Waals surface area (Å²) in [6.07, 6.45) is -2.89. The summed E-state index contributed by atoms with van der Waals surface area (Å²) >= 11 is 0. The highest BCUT2D eigenvalue weighted by Gasteiger charge is 2.30. The third-order valence-corrected chi connectivity index (χ3v) is 4.97. The fourth-order valence-electron chi connectivity index (χ4n) is 3.24. The molecule has 1 aromatic heterocycles. The van der Waals surface area contributed by atoms with Gasteiger partial charge in [0.25, 0.3) is 5.91 Å². The average molecular weight is 438 g/mol. The topological polar surface area (TPSA) is 71.5 Å². The number of nitrogens with zero attached hydrogens (tertiary/aromatic N) is 1. The first-order chi connectivity index (χ1) is 15.3. The van der Waals surface area contributed by atoms with Crippen molar-refractivity contribution in [1.82, 2.24) is 4.98 Å². The van der Waals surface area contributed by atoms with Crippen LogP contribution in [0.15, 0.2) is 72.9 Å². The molecule has 4 aromatic rings. The number of methoxy groups -OCH3 is 1. The van der Waals surface area contributed by atoms with E-state index in [1.165, 1.54) is 7.11 Å². The number of halogens is 3. The van der Waals surface area contributed by atoms with Gasteiger partial charge in [-0.3, -0.25) is 9.78 Å². The molecule has 0 aliphatic carbocycles. The van der Waals surface area contributed by atoms with E-state index in [1.807, 2.05) is 12.1 Å². The Labute approximate surface area is 181 Å². The monoisotopic (exact) mass is 438 g/mol. The maximum Gasteiger partial charge on any atom is 0.416 e. The van der Waals surface area contributed by atoms with Gasteiger partial charge in [-0.05, 0) is 53.9 Å². The highest BCUT2D eigenvalue weighted by molar-refractivity contribution is 6.04. The minimum absolute atomic E-state index is 0.0189. The lowest BCUT2D eigenvalue weighted by atomic mass is 10.1. The predicted molar refractivity (Wildman–Crippen MR) is 115 cm³/mol. The Morgan fingerprint density at radius 3 is 2.31 bits per heavy atom. The number of alkyl halides is 3. The summed E-state index contributed by atoms with van der Waals surface area (Å²) in [5, 5.41) is 14.2. The summed E-state index contributed by atoms with van der Waals surface area (Å²) in [5.41, 5.74) is 1.25. The fraction of sp³-hybridized carbons (Fsp3) is 0.0833. The molecule has 0 radical (unpaired) electrons. The average Bonchev–Trinajstić information content (AvgIpc) is 2.79. The van der Waals surface area contributed by atoms with Gasteiger partial charge in [0.05, 0.1) is 18.4 Å². The van der Waals surface area contributed by atoms with Crippen molar-refractivity contribution in [3.8, 4) is 22.8 Å². The zero-order chi connectivity index (χ0) is 22.9. The van der Waals surface area contributed by atoms with Crippen LogP contribution in [0.1, 0.15) is 15.9 Å². The van der Waals surface area contributed by atoms with Gasteiger partial charge in [-0.25, -0.2) is 0 Å². The molecule has 0 saturated heterocycles. The first-order valence-electron chi connectivity index (χ1n) is 9.51. The van der Waals surface area contributed by atoms with Crippen LogP contribution in [0, 0.1) is 0 Å². The lowest BCUT2D eigenvalue weighted by Crippen LogP contribution is -2.12. The van der Waals surface area contributed by atoms with E-state index in [4.69, 9.17) is 4.74 Å². The molecule has 162 valence electrons. The number of anilines is 1. The van der Waals surface area contributed by atoms with Crippen LogP contribution in [0.5, 0.6) is 11.5 Å². The van der Waals surface area contributed by atoms with Crippen LogP contribution in [-0.4, -0.2) is 23.1 Å². The molecule has 0 atom stereocenters. The van der Waals surface area contributed by atoms with Gasteiger partial charge in [-0.2, -0.15) is 13.2 Å². The highest BCUT2D eigenvalue weighted by atomic mass is 19.4. The molecule has 2 N–H and O–H groups in total. The smallest absolute Gasteiger partial charge is 0.416 e. The molecular formula is C24H17F3N2O3. The minimum atomic E-state index is -4.45. The number of hydrogen-bond donors (Lipinski definition) is 2. The number of nitrogens with one attached hydrogen (secondary N) is 1. The Hall–Kier alpha value is -4.07. The van der Waals surface area contributed by atoms with E-state index in [-0.39, 0.29) is 11.3 Å². The number of aromatic nitrogens is 1. The van der Waals surface area contributed by atoms with Crippen molar-refractivity contribution in [2.45, 2.75) is 6.18 Å². The van der Waals surface area contributed by atoms with Gasteiger partial charge >= 0.3 is 6.18 Å². The second kappa shape index (κ2) is 8.22. The standard InChI is InChI=1S/C24H17F3N2O3/c1-32-21-11-6-16-12-20(28-13-19(16)22(21)30)14-4-9-18(10-5-14)29-23(31)15-2-7-17(8-3-15)24(25,26)27/h2-13,30H,1H3,(H,29,31). The molecule has 1 heterocycles. The Morgan fingerprint density at radius 2 is 1.69 bits per heavy atom. The van der Waals surface area contributed by atoms with Crippen LogP contribution in [0.4, 0.5) is 18.9 Å². The van der Waals surface area contributed by atoms with Gasteiger partial charge in [-0.1, -0.05) is 18.2 Å². The molecule has 0 fully saturated rings. The van der Waals surface area contributed by atoms with Crippen molar-refractivity contribution in [2.75, 3.05) is 12.4 Å². The van der Waals surface area contributed by atoms with Crippen molar-refractivity contribution in [2.24, 2.45) is 0 Å². The minimum Gasteiger partial charge on any atom is -0.504 e. The molecule has 8 heteroatoms. The molecule has 0 spiro atoms. The first-order valence-corrected chi connectivity index (χ1v) is 9.51. The fourth-order valence-corrected chi connectivity index (χ4v) is 3.24. The van der Waals surface area contributed by atoms with Gasteiger partial charge < -0.3 is 15.2 Å². The number of pyridine rings is 1. The van der Waals surface area contributed by atoms with E-state index < -0.39 is 17.6 Å². The number of phenolic OH excluding ortho intramolecular Hbond substituents is 1. The quantitative estimate of drug-likeness (QED) is 0.417. The predicted octanol–water partition coefficient (Wildman–Crippen LogP) is 5.89. The van der Waals surface area contributed by atoms with Gasteiger partial charge in [0, 0.05) is 28.4 Å². The third-order valence-electron chi connectivity index (χ3n) is 4.97. The number of benzene rings is 3. The molecule has 4 rings (SSSR count). The molecule has 0 aliphatic rings. The maximum absolute atomic E-state index is 12.7. The molecule has 32 heavy (non-hydrogen) atoms. The Morgan fingerprint density at radius 1 is 1.00 bits per heavy atom. The van der Waals surface area contributed by atoms with E-state index in [1.54, 1.807) is 36.5 Å². The van der Waals surface area contributed by atoms with Crippen LogP contribution >= 0.6 is 0 Å². The van der Waals surface area contributed by atoms with E-state index >= 15 is 0 Å². The van der Waals surface area contributed by atoms with E-state index in [0.717, 1.165) is 35.2 Å². The SMILES string of the molecule is COc1ccc2cc(-c3ccc(NC(=O)c4ccc(C(F)(F)F)cc4)cc3)ncc2c1O. The molecule has 3 aromatic carbocycles. The van der Waals surface area contributed by atoms with Gasteiger partial charge in [0.2, 0.25) is 0 Å². The number of aromatic hydroxyl groups is 1. The number of carbonyl (C=O) groups excluding carboxylic acids is 1.